The molecule has 0 unspecified atom stereocenters. The monoisotopic (exact) mass is 519 g/mol. The Kier molecular flexibility index (Phi) is 7.95. The second-order valence-electron chi connectivity index (χ2n) is 8.71. The SMILES string of the molecule is C=CC(=O)Nc1cc(Nc2nccc(-c3cc(Cl)c4ccccn34)n2)c(OC)cc1N(C)CCN(C)C. The fourth-order valence-electron chi connectivity index (χ4n) is 3.90. The average molecular weight is 520 g/mol. The van der Waals surface area contributed by atoms with Crippen LogP contribution in [0.25, 0.3) is 16.9 Å². The highest BCUT2D eigenvalue weighted by atomic mass is 35.5. The summed E-state index contributed by atoms with van der Waals surface area (Å²) in [5.74, 6) is 0.634. The van der Waals surface area contributed by atoms with Crippen molar-refractivity contribution in [2.45, 2.75) is 0 Å². The van der Waals surface area contributed by atoms with E-state index < -0.39 is 0 Å². The zero-order chi connectivity index (χ0) is 26.5. The fraction of sp³-hybridized carbons (Fsp3) is 0.222. The minimum atomic E-state index is -0.311. The molecule has 1 amide bonds. The Morgan fingerprint density at radius 1 is 1.16 bits per heavy atom. The van der Waals surface area contributed by atoms with E-state index >= 15 is 0 Å². The zero-order valence-corrected chi connectivity index (χ0v) is 22.1. The first kappa shape index (κ1) is 26.0. The quantitative estimate of drug-likeness (QED) is 0.287. The summed E-state index contributed by atoms with van der Waals surface area (Å²) < 4.78 is 7.67. The number of nitrogens with one attached hydrogen (secondary N) is 2. The van der Waals surface area contributed by atoms with Crippen LogP contribution in [-0.2, 0) is 4.79 Å². The summed E-state index contributed by atoms with van der Waals surface area (Å²) in [4.78, 5) is 25.5. The molecule has 4 rings (SSSR count). The Balaban J connectivity index is 1.71. The number of pyridine rings is 1. The number of aromatic nitrogens is 3. The summed E-state index contributed by atoms with van der Waals surface area (Å²) in [5, 5.41) is 6.78. The lowest BCUT2D eigenvalue weighted by Crippen LogP contribution is -2.29. The van der Waals surface area contributed by atoms with Crippen molar-refractivity contribution in [1.29, 1.82) is 0 Å². The van der Waals surface area contributed by atoms with Gasteiger partial charge in [-0.25, -0.2) is 9.97 Å². The number of benzene rings is 1. The van der Waals surface area contributed by atoms with Gasteiger partial charge < -0.3 is 29.6 Å². The van der Waals surface area contributed by atoms with Gasteiger partial charge in [0, 0.05) is 38.6 Å². The van der Waals surface area contributed by atoms with Crippen LogP contribution in [0.2, 0.25) is 5.02 Å². The van der Waals surface area contributed by atoms with Gasteiger partial charge in [-0.05, 0) is 50.5 Å². The third-order valence-corrected chi connectivity index (χ3v) is 6.15. The van der Waals surface area contributed by atoms with Crippen molar-refractivity contribution < 1.29 is 9.53 Å². The Morgan fingerprint density at radius 2 is 1.97 bits per heavy atom. The average Bonchev–Trinajstić information content (AvgIpc) is 3.24. The first-order valence-corrected chi connectivity index (χ1v) is 12.1. The molecule has 4 aromatic rings. The van der Waals surface area contributed by atoms with Crippen LogP contribution in [0.15, 0.2) is 67.5 Å². The summed E-state index contributed by atoms with van der Waals surface area (Å²) in [6.07, 6.45) is 4.85. The van der Waals surface area contributed by atoms with Crippen LogP contribution in [-0.4, -0.2) is 66.5 Å². The summed E-state index contributed by atoms with van der Waals surface area (Å²) in [7, 11) is 7.59. The number of fused-ring (bicyclic) bond motifs is 1. The van der Waals surface area contributed by atoms with E-state index in [0.29, 0.717) is 33.8 Å². The van der Waals surface area contributed by atoms with Crippen molar-refractivity contribution in [2.24, 2.45) is 0 Å². The number of halogens is 1. The van der Waals surface area contributed by atoms with Crippen molar-refractivity contribution in [1.82, 2.24) is 19.3 Å². The van der Waals surface area contributed by atoms with Crippen LogP contribution >= 0.6 is 11.6 Å². The molecule has 0 aliphatic rings. The molecule has 1 aromatic carbocycles. The highest BCUT2D eigenvalue weighted by Crippen LogP contribution is 2.38. The molecular weight excluding hydrogens is 490 g/mol. The Morgan fingerprint density at radius 3 is 2.70 bits per heavy atom. The van der Waals surface area contributed by atoms with E-state index in [9.17, 15) is 4.79 Å². The molecule has 10 heteroatoms. The molecule has 2 N–H and O–H groups in total. The van der Waals surface area contributed by atoms with Gasteiger partial charge in [-0.3, -0.25) is 4.79 Å². The number of amides is 1. The smallest absolute Gasteiger partial charge is 0.247 e. The molecule has 0 aliphatic heterocycles. The lowest BCUT2D eigenvalue weighted by atomic mass is 10.2. The number of likely N-dealkylation sites (N-methyl/N-ethyl adjacent to an activating group) is 2. The molecule has 0 saturated heterocycles. The molecule has 37 heavy (non-hydrogen) atoms. The third kappa shape index (κ3) is 5.84. The van der Waals surface area contributed by atoms with E-state index in [1.165, 1.54) is 6.08 Å². The van der Waals surface area contributed by atoms with Gasteiger partial charge in [-0.15, -0.1) is 0 Å². The number of rotatable bonds is 10. The first-order chi connectivity index (χ1) is 17.8. The number of hydrogen-bond acceptors (Lipinski definition) is 7. The maximum atomic E-state index is 12.2. The predicted octanol–water partition coefficient (Wildman–Crippen LogP) is 4.92. The van der Waals surface area contributed by atoms with Gasteiger partial charge >= 0.3 is 0 Å². The van der Waals surface area contributed by atoms with Crippen molar-refractivity contribution in [3.8, 4) is 17.1 Å². The van der Waals surface area contributed by atoms with Gasteiger partial charge in [0.15, 0.2) is 0 Å². The molecule has 3 heterocycles. The molecule has 9 nitrogen and oxygen atoms in total. The summed E-state index contributed by atoms with van der Waals surface area (Å²) in [6, 6.07) is 13.2. The minimum absolute atomic E-state index is 0.311. The number of anilines is 4. The van der Waals surface area contributed by atoms with Crippen LogP contribution < -0.4 is 20.3 Å². The number of nitrogens with zero attached hydrogens (tertiary/aromatic N) is 5. The Bertz CT molecular complexity index is 1430. The van der Waals surface area contributed by atoms with Gasteiger partial charge in [0.1, 0.15) is 5.75 Å². The molecule has 0 bridgehead atoms. The van der Waals surface area contributed by atoms with Crippen LogP contribution in [0.1, 0.15) is 0 Å². The minimum Gasteiger partial charge on any atom is -0.494 e. The molecular formula is C27H30ClN7O2. The van der Waals surface area contributed by atoms with E-state index in [4.69, 9.17) is 21.3 Å². The van der Waals surface area contributed by atoms with E-state index in [-0.39, 0.29) is 5.91 Å². The molecule has 0 fully saturated rings. The summed E-state index contributed by atoms with van der Waals surface area (Å²) in [5.41, 5.74) is 4.45. The fourth-order valence-corrected chi connectivity index (χ4v) is 4.15. The lowest BCUT2D eigenvalue weighted by Gasteiger charge is -2.26. The molecule has 0 saturated carbocycles. The predicted molar refractivity (Wildman–Crippen MR) is 150 cm³/mol. The van der Waals surface area contributed by atoms with Gasteiger partial charge in [0.2, 0.25) is 11.9 Å². The van der Waals surface area contributed by atoms with Gasteiger partial charge in [-0.2, -0.15) is 0 Å². The number of carbonyl (C=O) groups is 1. The van der Waals surface area contributed by atoms with Crippen molar-refractivity contribution in [3.05, 3.63) is 72.5 Å². The highest BCUT2D eigenvalue weighted by Gasteiger charge is 2.17. The second-order valence-corrected chi connectivity index (χ2v) is 9.12. The number of ether oxygens (including phenoxy) is 1. The molecule has 3 aromatic heterocycles. The largest absolute Gasteiger partial charge is 0.494 e. The Hall–Kier alpha value is -4.08. The first-order valence-electron chi connectivity index (χ1n) is 11.7. The molecule has 0 radical (unpaired) electrons. The standard InChI is InChI=1S/C27H30ClN7O2/c1-6-26(36)30-20-16-21(25(37-5)17-23(20)34(4)14-13-33(2)3)32-27-29-11-10-19(31-27)24-15-18(28)22-9-7-8-12-35(22)24/h6-12,15-17H,1,13-14H2,2-5H3,(H,30,36)(H,29,31,32). The van der Waals surface area contributed by atoms with Gasteiger partial charge in [0.05, 0.1) is 46.1 Å². The molecule has 0 aliphatic carbocycles. The number of carbonyl (C=O) groups excluding carboxylic acids is 1. The topological polar surface area (TPSA) is 87.0 Å². The Labute approximate surface area is 221 Å². The van der Waals surface area contributed by atoms with Gasteiger partial charge in [-0.1, -0.05) is 24.2 Å². The van der Waals surface area contributed by atoms with Crippen LogP contribution in [0.4, 0.5) is 23.0 Å². The van der Waals surface area contributed by atoms with Crippen LogP contribution in [0.3, 0.4) is 0 Å². The van der Waals surface area contributed by atoms with E-state index in [1.54, 1.807) is 19.4 Å². The van der Waals surface area contributed by atoms with Crippen molar-refractivity contribution in [2.75, 3.05) is 56.9 Å². The summed E-state index contributed by atoms with van der Waals surface area (Å²) >= 11 is 6.44. The van der Waals surface area contributed by atoms with E-state index in [1.807, 2.05) is 68.1 Å². The second kappa shape index (κ2) is 11.3. The van der Waals surface area contributed by atoms with Crippen molar-refractivity contribution in [3.63, 3.8) is 0 Å². The van der Waals surface area contributed by atoms with Crippen molar-refractivity contribution >= 4 is 46.0 Å². The maximum Gasteiger partial charge on any atom is 0.247 e. The van der Waals surface area contributed by atoms with Gasteiger partial charge in [0.25, 0.3) is 0 Å². The highest BCUT2D eigenvalue weighted by molar-refractivity contribution is 6.34. The molecule has 0 spiro atoms. The van der Waals surface area contributed by atoms with E-state index in [2.05, 4.69) is 32.0 Å². The molecule has 192 valence electrons. The number of methoxy groups -OCH3 is 1. The lowest BCUT2D eigenvalue weighted by molar-refractivity contribution is -0.111. The number of hydrogen-bond donors (Lipinski definition) is 2. The zero-order valence-electron chi connectivity index (χ0n) is 21.3. The third-order valence-electron chi connectivity index (χ3n) is 5.85. The maximum absolute atomic E-state index is 12.2. The van der Waals surface area contributed by atoms with Crippen LogP contribution in [0, 0.1) is 0 Å². The van der Waals surface area contributed by atoms with Crippen LogP contribution in [0.5, 0.6) is 5.75 Å². The van der Waals surface area contributed by atoms with E-state index in [0.717, 1.165) is 30.0 Å². The molecule has 0 atom stereocenters. The summed E-state index contributed by atoms with van der Waals surface area (Å²) in [6.45, 7) is 5.16. The normalized spacial score (nSPS) is 11.0.